The van der Waals surface area contributed by atoms with Crippen molar-refractivity contribution < 1.29 is 9.53 Å². The van der Waals surface area contributed by atoms with Crippen molar-refractivity contribution in [3.63, 3.8) is 0 Å². The van der Waals surface area contributed by atoms with Gasteiger partial charge in [0.2, 0.25) is 5.91 Å². The highest BCUT2D eigenvalue weighted by Crippen LogP contribution is 2.11. The molecule has 1 aromatic rings. The van der Waals surface area contributed by atoms with Gasteiger partial charge in [0.05, 0.1) is 6.61 Å². The summed E-state index contributed by atoms with van der Waals surface area (Å²) in [7, 11) is 1.70. The van der Waals surface area contributed by atoms with Crippen LogP contribution in [0, 0.1) is 5.92 Å². The van der Waals surface area contributed by atoms with Crippen LogP contribution in [0.15, 0.2) is 24.3 Å². The zero-order valence-corrected chi connectivity index (χ0v) is 13.3. The highest BCUT2D eigenvalue weighted by atomic mass is 16.5. The fourth-order valence-electron chi connectivity index (χ4n) is 2.08. The van der Waals surface area contributed by atoms with Gasteiger partial charge in [-0.15, -0.1) is 0 Å². The smallest absolute Gasteiger partial charge is 0.225 e. The van der Waals surface area contributed by atoms with Crippen LogP contribution in [0.25, 0.3) is 0 Å². The quantitative estimate of drug-likeness (QED) is 0.685. The molecule has 0 saturated carbocycles. The number of hydrogen-bond acceptors (Lipinski definition) is 4. The zero-order chi connectivity index (χ0) is 15.7. The van der Waals surface area contributed by atoms with E-state index < -0.39 is 0 Å². The van der Waals surface area contributed by atoms with E-state index in [1.165, 1.54) is 0 Å². The number of amides is 1. The number of ether oxygens (including phenoxy) is 1. The topological polar surface area (TPSA) is 67.6 Å². The third-order valence-electron chi connectivity index (χ3n) is 3.08. The second kappa shape index (κ2) is 9.37. The second-order valence-electron chi connectivity index (χ2n) is 5.61. The van der Waals surface area contributed by atoms with Gasteiger partial charge in [-0.1, -0.05) is 13.8 Å². The molecule has 0 aliphatic rings. The number of nitrogens with zero attached hydrogens (tertiary/aromatic N) is 1. The summed E-state index contributed by atoms with van der Waals surface area (Å²) in [5, 5.41) is 2.88. The molecular weight excluding hydrogens is 266 g/mol. The Morgan fingerprint density at radius 2 is 1.95 bits per heavy atom. The van der Waals surface area contributed by atoms with E-state index in [0.717, 1.165) is 25.3 Å². The van der Waals surface area contributed by atoms with Gasteiger partial charge < -0.3 is 20.7 Å². The van der Waals surface area contributed by atoms with Gasteiger partial charge in [0.1, 0.15) is 0 Å². The second-order valence-corrected chi connectivity index (χ2v) is 5.61. The minimum absolute atomic E-state index is 0.0194. The molecule has 0 bridgehead atoms. The molecule has 0 fully saturated rings. The Kier molecular flexibility index (Phi) is 7.79. The molecule has 0 aromatic heterocycles. The largest absolute Gasteiger partial charge is 0.399 e. The molecule has 3 N–H and O–H groups in total. The van der Waals surface area contributed by atoms with Crippen molar-refractivity contribution in [2.45, 2.75) is 20.3 Å². The average molecular weight is 293 g/mol. The van der Waals surface area contributed by atoms with Crippen LogP contribution in [-0.2, 0) is 9.53 Å². The lowest BCUT2D eigenvalue weighted by Gasteiger charge is -2.23. The van der Waals surface area contributed by atoms with Crippen molar-refractivity contribution in [3.05, 3.63) is 24.3 Å². The van der Waals surface area contributed by atoms with E-state index >= 15 is 0 Å². The first-order valence-electron chi connectivity index (χ1n) is 7.38. The fraction of sp³-hybridized carbons (Fsp3) is 0.562. The lowest BCUT2D eigenvalue weighted by molar-refractivity contribution is -0.116. The predicted octanol–water partition coefficient (Wildman–Crippen LogP) is 2.20. The van der Waals surface area contributed by atoms with Crippen LogP contribution >= 0.6 is 0 Å². The Labute approximate surface area is 127 Å². The third-order valence-corrected chi connectivity index (χ3v) is 3.08. The molecule has 1 amide bonds. The summed E-state index contributed by atoms with van der Waals surface area (Å²) in [5.41, 5.74) is 7.09. The molecule has 0 saturated heterocycles. The minimum Gasteiger partial charge on any atom is -0.399 e. The van der Waals surface area contributed by atoms with Crippen molar-refractivity contribution >= 4 is 17.3 Å². The highest BCUT2D eigenvalue weighted by molar-refractivity contribution is 5.90. The molecule has 5 heteroatoms. The Hall–Kier alpha value is -1.59. The van der Waals surface area contributed by atoms with Crippen LogP contribution in [0.1, 0.15) is 20.3 Å². The molecule has 0 radical (unpaired) electrons. The van der Waals surface area contributed by atoms with Gasteiger partial charge in [-0.3, -0.25) is 4.79 Å². The number of carbonyl (C=O) groups excluding carboxylic acids is 1. The van der Waals surface area contributed by atoms with Crippen LogP contribution in [0.5, 0.6) is 0 Å². The van der Waals surface area contributed by atoms with Crippen molar-refractivity contribution in [3.8, 4) is 0 Å². The van der Waals surface area contributed by atoms with Crippen LogP contribution in [-0.4, -0.2) is 44.2 Å². The Morgan fingerprint density at radius 1 is 1.29 bits per heavy atom. The van der Waals surface area contributed by atoms with E-state index in [2.05, 4.69) is 24.1 Å². The molecule has 0 aliphatic heterocycles. The van der Waals surface area contributed by atoms with Gasteiger partial charge in [-0.25, -0.2) is 0 Å². The summed E-state index contributed by atoms with van der Waals surface area (Å²) in [6, 6.07) is 7.17. The maximum absolute atomic E-state index is 12.0. The first kappa shape index (κ1) is 17.5. The monoisotopic (exact) mass is 293 g/mol. The summed E-state index contributed by atoms with van der Waals surface area (Å²) < 4.78 is 5.11. The van der Waals surface area contributed by atoms with Crippen molar-refractivity contribution in [1.82, 2.24) is 4.90 Å². The number of rotatable bonds is 9. The Balaban J connectivity index is 2.39. The SMILES string of the molecule is COCCN(CCC(=O)Nc1ccc(N)cc1)CC(C)C. The number of nitrogens with two attached hydrogens (primary N) is 1. The van der Waals surface area contributed by atoms with E-state index in [4.69, 9.17) is 10.5 Å². The predicted molar refractivity (Wildman–Crippen MR) is 87.3 cm³/mol. The number of benzene rings is 1. The maximum Gasteiger partial charge on any atom is 0.225 e. The van der Waals surface area contributed by atoms with Gasteiger partial charge >= 0.3 is 0 Å². The number of carbonyl (C=O) groups is 1. The molecule has 118 valence electrons. The van der Waals surface area contributed by atoms with Crippen LogP contribution in [0.3, 0.4) is 0 Å². The standard InChI is InChI=1S/C16H27N3O2/c1-13(2)12-19(10-11-21-3)9-8-16(20)18-15-6-4-14(17)5-7-15/h4-7,13H,8-12,17H2,1-3H3,(H,18,20). The summed E-state index contributed by atoms with van der Waals surface area (Å²) in [4.78, 5) is 14.2. The molecule has 0 spiro atoms. The summed E-state index contributed by atoms with van der Waals surface area (Å²) in [6.45, 7) is 7.60. The number of anilines is 2. The molecule has 0 atom stereocenters. The van der Waals surface area contributed by atoms with E-state index in [1.807, 2.05) is 12.1 Å². The summed E-state index contributed by atoms with van der Waals surface area (Å²) in [5.74, 6) is 0.591. The van der Waals surface area contributed by atoms with E-state index in [1.54, 1.807) is 19.2 Å². The van der Waals surface area contributed by atoms with Gasteiger partial charge in [-0.2, -0.15) is 0 Å². The van der Waals surface area contributed by atoms with Crippen LogP contribution in [0.2, 0.25) is 0 Å². The third kappa shape index (κ3) is 7.68. The van der Waals surface area contributed by atoms with E-state index in [0.29, 0.717) is 24.6 Å². The van der Waals surface area contributed by atoms with Gasteiger partial charge in [-0.05, 0) is 30.2 Å². The maximum atomic E-state index is 12.0. The average Bonchev–Trinajstić information content (AvgIpc) is 2.44. The molecule has 21 heavy (non-hydrogen) atoms. The number of nitrogens with one attached hydrogen (secondary N) is 1. The summed E-state index contributed by atoms with van der Waals surface area (Å²) >= 11 is 0. The summed E-state index contributed by atoms with van der Waals surface area (Å²) in [6.07, 6.45) is 0.473. The van der Waals surface area contributed by atoms with Crippen LogP contribution in [0.4, 0.5) is 11.4 Å². The van der Waals surface area contributed by atoms with Crippen molar-refractivity contribution in [1.29, 1.82) is 0 Å². The first-order chi connectivity index (χ1) is 10.0. The molecule has 0 aliphatic carbocycles. The zero-order valence-electron chi connectivity index (χ0n) is 13.3. The molecule has 0 heterocycles. The number of methoxy groups -OCH3 is 1. The molecule has 1 rings (SSSR count). The highest BCUT2D eigenvalue weighted by Gasteiger charge is 2.10. The normalized spacial score (nSPS) is 11.1. The molecule has 1 aromatic carbocycles. The Morgan fingerprint density at radius 3 is 2.52 bits per heavy atom. The minimum atomic E-state index is 0.0194. The van der Waals surface area contributed by atoms with E-state index in [9.17, 15) is 4.79 Å². The fourth-order valence-corrected chi connectivity index (χ4v) is 2.08. The lowest BCUT2D eigenvalue weighted by atomic mass is 10.2. The number of hydrogen-bond donors (Lipinski definition) is 2. The number of nitrogen functional groups attached to an aromatic ring is 1. The van der Waals surface area contributed by atoms with Gasteiger partial charge in [0.15, 0.2) is 0 Å². The molecule has 5 nitrogen and oxygen atoms in total. The van der Waals surface area contributed by atoms with E-state index in [-0.39, 0.29) is 5.91 Å². The Bertz CT molecular complexity index is 418. The van der Waals surface area contributed by atoms with Gasteiger partial charge in [0, 0.05) is 44.5 Å². The molecule has 0 unspecified atom stereocenters. The lowest BCUT2D eigenvalue weighted by Crippen LogP contribution is -2.33. The van der Waals surface area contributed by atoms with Crippen LogP contribution < -0.4 is 11.1 Å². The van der Waals surface area contributed by atoms with Crippen molar-refractivity contribution in [2.75, 3.05) is 44.4 Å². The van der Waals surface area contributed by atoms with Gasteiger partial charge in [0.25, 0.3) is 0 Å². The molecular formula is C16H27N3O2. The van der Waals surface area contributed by atoms with Crippen molar-refractivity contribution in [2.24, 2.45) is 5.92 Å². The first-order valence-corrected chi connectivity index (χ1v) is 7.38.